The molecule has 6 heteroatoms. The van der Waals surface area contributed by atoms with Crippen molar-refractivity contribution in [2.75, 3.05) is 7.05 Å². The van der Waals surface area contributed by atoms with Gasteiger partial charge in [-0.15, -0.1) is 0 Å². The van der Waals surface area contributed by atoms with E-state index in [4.69, 9.17) is 4.42 Å². The summed E-state index contributed by atoms with van der Waals surface area (Å²) in [6.45, 7) is 2.27. The van der Waals surface area contributed by atoms with Crippen molar-refractivity contribution >= 4 is 17.7 Å². The number of nitrogens with zero attached hydrogens (tertiary/aromatic N) is 2. The van der Waals surface area contributed by atoms with Gasteiger partial charge in [-0.25, -0.2) is 0 Å². The second kappa shape index (κ2) is 5.58. The Morgan fingerprint density at radius 3 is 2.52 bits per heavy atom. The van der Waals surface area contributed by atoms with Crippen LogP contribution in [0.15, 0.2) is 34.7 Å². The first-order valence-electron chi connectivity index (χ1n) is 8.28. The van der Waals surface area contributed by atoms with Crippen LogP contribution in [0, 0.1) is 6.92 Å². The lowest BCUT2D eigenvalue weighted by atomic mass is 10.0. The summed E-state index contributed by atoms with van der Waals surface area (Å²) in [4.78, 5) is 40.0. The van der Waals surface area contributed by atoms with Crippen LogP contribution in [0.2, 0.25) is 0 Å². The summed E-state index contributed by atoms with van der Waals surface area (Å²) in [5.74, 6) is 0.709. The maximum Gasteiger partial charge on any atom is 0.261 e. The van der Waals surface area contributed by atoms with Gasteiger partial charge in [-0.3, -0.25) is 19.3 Å². The number of hydrogen-bond donors (Lipinski definition) is 0. The number of carbonyl (C=O) groups is 3. The van der Waals surface area contributed by atoms with Gasteiger partial charge in [-0.05, 0) is 50.1 Å². The van der Waals surface area contributed by atoms with E-state index in [1.807, 2.05) is 19.1 Å². The standard InChI is InChI=1S/C19H18N2O4/c1-11-3-7-14(25-11)10-21(13-5-6-13)17(22)12-4-8-15-16(9-12)19(24)20(2)18(15)23/h3-4,7-9,13H,5-6,10H2,1-2H3. The van der Waals surface area contributed by atoms with Gasteiger partial charge in [-0.2, -0.15) is 0 Å². The number of aryl methyl sites for hydroxylation is 1. The zero-order valence-corrected chi connectivity index (χ0v) is 14.1. The number of rotatable bonds is 4. The number of carbonyl (C=O) groups excluding carboxylic acids is 3. The molecule has 25 heavy (non-hydrogen) atoms. The second-order valence-corrected chi connectivity index (χ2v) is 6.61. The van der Waals surface area contributed by atoms with Crippen LogP contribution in [0.1, 0.15) is 55.4 Å². The third kappa shape index (κ3) is 2.63. The van der Waals surface area contributed by atoms with Gasteiger partial charge in [0, 0.05) is 18.7 Å². The minimum absolute atomic E-state index is 0.144. The Balaban J connectivity index is 1.63. The van der Waals surface area contributed by atoms with Crippen LogP contribution >= 0.6 is 0 Å². The fourth-order valence-electron chi connectivity index (χ4n) is 3.15. The molecule has 1 aliphatic heterocycles. The Hall–Kier alpha value is -2.89. The topological polar surface area (TPSA) is 70.8 Å². The zero-order chi connectivity index (χ0) is 17.7. The van der Waals surface area contributed by atoms with E-state index in [0.29, 0.717) is 23.2 Å². The minimum atomic E-state index is -0.366. The fraction of sp³-hybridized carbons (Fsp3) is 0.316. The lowest BCUT2D eigenvalue weighted by Gasteiger charge is -2.21. The van der Waals surface area contributed by atoms with E-state index in [1.165, 1.54) is 13.1 Å². The van der Waals surface area contributed by atoms with Crippen LogP contribution in [-0.2, 0) is 6.54 Å². The molecule has 0 N–H and O–H groups in total. The lowest BCUT2D eigenvalue weighted by Crippen LogP contribution is -2.32. The Kier molecular flexibility index (Phi) is 3.49. The molecule has 2 aromatic rings. The first-order valence-corrected chi connectivity index (χ1v) is 8.28. The normalized spacial score (nSPS) is 16.3. The zero-order valence-electron chi connectivity index (χ0n) is 14.1. The predicted molar refractivity (Wildman–Crippen MR) is 89.2 cm³/mol. The molecule has 1 saturated carbocycles. The Morgan fingerprint density at radius 1 is 1.16 bits per heavy atom. The minimum Gasteiger partial charge on any atom is -0.464 e. The predicted octanol–water partition coefficient (Wildman–Crippen LogP) is 2.62. The van der Waals surface area contributed by atoms with Crippen molar-refractivity contribution < 1.29 is 18.8 Å². The quantitative estimate of drug-likeness (QED) is 0.804. The molecule has 1 fully saturated rings. The largest absolute Gasteiger partial charge is 0.464 e. The smallest absolute Gasteiger partial charge is 0.261 e. The molecule has 0 bridgehead atoms. The Labute approximate surface area is 145 Å². The fourth-order valence-corrected chi connectivity index (χ4v) is 3.15. The molecule has 128 valence electrons. The van der Waals surface area contributed by atoms with E-state index in [9.17, 15) is 14.4 Å². The third-order valence-corrected chi connectivity index (χ3v) is 4.71. The number of imide groups is 1. The molecular formula is C19H18N2O4. The molecule has 0 spiro atoms. The van der Waals surface area contributed by atoms with Crippen molar-refractivity contribution in [1.82, 2.24) is 9.80 Å². The van der Waals surface area contributed by atoms with Gasteiger partial charge in [0.2, 0.25) is 0 Å². The molecule has 0 radical (unpaired) electrons. The molecule has 2 aliphatic rings. The van der Waals surface area contributed by atoms with Gasteiger partial charge in [-0.1, -0.05) is 0 Å². The molecule has 1 aromatic carbocycles. The van der Waals surface area contributed by atoms with Crippen LogP contribution in [0.4, 0.5) is 0 Å². The second-order valence-electron chi connectivity index (χ2n) is 6.61. The van der Waals surface area contributed by atoms with Crippen LogP contribution in [0.5, 0.6) is 0 Å². The number of furan rings is 1. The molecule has 0 atom stereocenters. The summed E-state index contributed by atoms with van der Waals surface area (Å²) < 4.78 is 5.60. The van der Waals surface area contributed by atoms with E-state index < -0.39 is 0 Å². The number of benzene rings is 1. The van der Waals surface area contributed by atoms with E-state index in [2.05, 4.69) is 0 Å². The van der Waals surface area contributed by atoms with Crippen molar-refractivity contribution in [1.29, 1.82) is 0 Å². The summed E-state index contributed by atoms with van der Waals surface area (Å²) in [7, 11) is 1.45. The summed E-state index contributed by atoms with van der Waals surface area (Å²) in [5.41, 5.74) is 1.07. The highest BCUT2D eigenvalue weighted by Gasteiger charge is 2.36. The van der Waals surface area contributed by atoms with Gasteiger partial charge in [0.15, 0.2) is 0 Å². The van der Waals surface area contributed by atoms with Gasteiger partial charge in [0.25, 0.3) is 17.7 Å². The summed E-state index contributed by atoms with van der Waals surface area (Å²) >= 11 is 0. The molecule has 4 rings (SSSR count). The molecule has 3 amide bonds. The Morgan fingerprint density at radius 2 is 1.88 bits per heavy atom. The van der Waals surface area contributed by atoms with Crippen molar-refractivity contribution in [3.8, 4) is 0 Å². The monoisotopic (exact) mass is 338 g/mol. The molecule has 0 saturated heterocycles. The van der Waals surface area contributed by atoms with Crippen molar-refractivity contribution in [2.45, 2.75) is 32.4 Å². The first-order chi connectivity index (χ1) is 12.0. The maximum atomic E-state index is 13.0. The summed E-state index contributed by atoms with van der Waals surface area (Å²) in [6.07, 6.45) is 1.94. The number of fused-ring (bicyclic) bond motifs is 1. The average molecular weight is 338 g/mol. The molecule has 6 nitrogen and oxygen atoms in total. The van der Waals surface area contributed by atoms with Crippen LogP contribution in [-0.4, -0.2) is 40.6 Å². The molecule has 1 aliphatic carbocycles. The van der Waals surface area contributed by atoms with Crippen LogP contribution in [0.25, 0.3) is 0 Å². The van der Waals surface area contributed by atoms with Gasteiger partial charge < -0.3 is 9.32 Å². The summed E-state index contributed by atoms with van der Waals surface area (Å²) in [6, 6.07) is 8.66. The average Bonchev–Trinajstić information content (AvgIpc) is 3.34. The SMILES string of the molecule is Cc1ccc(CN(C(=O)c2ccc3c(c2)C(=O)N(C)C3=O)C2CC2)o1. The van der Waals surface area contributed by atoms with Crippen molar-refractivity contribution in [2.24, 2.45) is 0 Å². The number of amides is 3. The third-order valence-electron chi connectivity index (χ3n) is 4.71. The van der Waals surface area contributed by atoms with E-state index >= 15 is 0 Å². The Bertz CT molecular complexity index is 895. The summed E-state index contributed by atoms with van der Waals surface area (Å²) in [5, 5.41) is 0. The van der Waals surface area contributed by atoms with E-state index in [-0.39, 0.29) is 23.8 Å². The highest BCUT2D eigenvalue weighted by molar-refractivity contribution is 6.21. The van der Waals surface area contributed by atoms with Crippen molar-refractivity contribution in [3.05, 3.63) is 58.5 Å². The lowest BCUT2D eigenvalue weighted by molar-refractivity contribution is 0.0691. The molecule has 0 unspecified atom stereocenters. The first kappa shape index (κ1) is 15.6. The van der Waals surface area contributed by atoms with E-state index in [1.54, 1.807) is 17.0 Å². The highest BCUT2D eigenvalue weighted by Crippen LogP contribution is 2.31. The molecule has 2 heterocycles. The van der Waals surface area contributed by atoms with Gasteiger partial charge in [0.05, 0.1) is 17.7 Å². The highest BCUT2D eigenvalue weighted by atomic mass is 16.3. The van der Waals surface area contributed by atoms with E-state index in [0.717, 1.165) is 29.3 Å². The van der Waals surface area contributed by atoms with Crippen LogP contribution < -0.4 is 0 Å². The number of hydrogen-bond acceptors (Lipinski definition) is 4. The maximum absolute atomic E-state index is 13.0. The molecule has 1 aromatic heterocycles. The van der Waals surface area contributed by atoms with Crippen LogP contribution in [0.3, 0.4) is 0 Å². The molecular weight excluding hydrogens is 320 g/mol. The van der Waals surface area contributed by atoms with Gasteiger partial charge >= 0.3 is 0 Å². The van der Waals surface area contributed by atoms with Crippen molar-refractivity contribution in [3.63, 3.8) is 0 Å². The van der Waals surface area contributed by atoms with Gasteiger partial charge in [0.1, 0.15) is 11.5 Å².